The molecule has 0 bridgehead atoms. The van der Waals surface area contributed by atoms with Gasteiger partial charge in [-0.25, -0.2) is 0 Å². The number of nitriles is 1. The van der Waals surface area contributed by atoms with Gasteiger partial charge >= 0.3 is 0 Å². The Bertz CT molecular complexity index is 610. The first-order chi connectivity index (χ1) is 8.72. The lowest BCUT2D eigenvalue weighted by molar-refractivity contribution is -0.107. The number of carbonyl (C=O) groups is 1. The lowest BCUT2D eigenvalue weighted by Crippen LogP contribution is -1.90. The highest BCUT2D eigenvalue weighted by atomic mass is 32.1. The van der Waals surface area contributed by atoms with Crippen LogP contribution in [-0.2, 0) is 11.2 Å². The summed E-state index contributed by atoms with van der Waals surface area (Å²) in [5.74, 6) is 0.746. The second kappa shape index (κ2) is 5.48. The molecule has 0 N–H and O–H groups in total. The third-order valence-corrected chi connectivity index (χ3v) is 3.33. The number of aldehydes is 1. The highest BCUT2D eigenvalue weighted by molar-refractivity contribution is 7.14. The fourth-order valence-electron chi connectivity index (χ4n) is 1.59. The normalized spacial score (nSPS) is 9.78. The second-order valence-electron chi connectivity index (χ2n) is 3.80. The Morgan fingerprint density at radius 2 is 2.22 bits per heavy atom. The third kappa shape index (κ3) is 2.76. The topological polar surface area (TPSA) is 50.1 Å². The van der Waals surface area contributed by atoms with Crippen molar-refractivity contribution in [3.05, 3.63) is 46.3 Å². The highest BCUT2D eigenvalue weighted by Gasteiger charge is 2.05. The van der Waals surface area contributed by atoms with Gasteiger partial charge in [0.05, 0.1) is 0 Å². The summed E-state index contributed by atoms with van der Waals surface area (Å²) in [6.07, 6.45) is 1.30. The van der Waals surface area contributed by atoms with Gasteiger partial charge in [-0.15, -0.1) is 0 Å². The Balaban J connectivity index is 2.19. The van der Waals surface area contributed by atoms with Gasteiger partial charge in [0.25, 0.3) is 0 Å². The minimum atomic E-state index is 0.415. The monoisotopic (exact) mass is 257 g/mol. The molecule has 0 aliphatic rings. The van der Waals surface area contributed by atoms with E-state index in [4.69, 9.17) is 10.00 Å². The van der Waals surface area contributed by atoms with Crippen LogP contribution in [0.3, 0.4) is 0 Å². The van der Waals surface area contributed by atoms with Gasteiger partial charge in [-0.1, -0.05) is 23.5 Å². The van der Waals surface area contributed by atoms with Crippen molar-refractivity contribution in [2.75, 3.05) is 0 Å². The molecule has 0 unspecified atom stereocenters. The van der Waals surface area contributed by atoms with E-state index in [0.717, 1.165) is 23.2 Å². The predicted octanol–water partition coefficient (Wildman–Crippen LogP) is 3.46. The number of ether oxygens (including phenoxy) is 1. The van der Waals surface area contributed by atoms with E-state index in [1.165, 1.54) is 11.3 Å². The minimum absolute atomic E-state index is 0.415. The first kappa shape index (κ1) is 12.3. The van der Waals surface area contributed by atoms with Crippen molar-refractivity contribution in [2.24, 2.45) is 0 Å². The average molecular weight is 257 g/mol. The Morgan fingerprint density at radius 1 is 1.39 bits per heavy atom. The van der Waals surface area contributed by atoms with E-state index in [1.54, 1.807) is 12.1 Å². The van der Waals surface area contributed by atoms with Crippen molar-refractivity contribution in [3.8, 4) is 16.9 Å². The fourth-order valence-corrected chi connectivity index (χ4v) is 2.26. The summed E-state index contributed by atoms with van der Waals surface area (Å²) in [5.41, 5.74) is 1.94. The molecule has 2 rings (SSSR count). The summed E-state index contributed by atoms with van der Waals surface area (Å²) in [4.78, 5) is 11.1. The Labute approximate surface area is 109 Å². The maximum atomic E-state index is 10.4. The van der Waals surface area contributed by atoms with Gasteiger partial charge in [0.1, 0.15) is 23.0 Å². The molecule has 0 aliphatic carbocycles. The van der Waals surface area contributed by atoms with Gasteiger partial charge in [0, 0.05) is 6.42 Å². The first-order valence-corrected chi connectivity index (χ1v) is 6.25. The van der Waals surface area contributed by atoms with E-state index in [9.17, 15) is 4.79 Å². The first-order valence-electron chi connectivity index (χ1n) is 5.44. The molecule has 0 saturated carbocycles. The molecule has 2 aromatic rings. The van der Waals surface area contributed by atoms with Crippen LogP contribution < -0.4 is 4.74 Å². The van der Waals surface area contributed by atoms with E-state index in [2.05, 4.69) is 6.07 Å². The molecule has 1 aromatic carbocycles. The van der Waals surface area contributed by atoms with Gasteiger partial charge < -0.3 is 9.53 Å². The van der Waals surface area contributed by atoms with Crippen LogP contribution >= 0.6 is 11.3 Å². The maximum absolute atomic E-state index is 10.4. The van der Waals surface area contributed by atoms with E-state index >= 15 is 0 Å². The van der Waals surface area contributed by atoms with Gasteiger partial charge in [-0.2, -0.15) is 5.26 Å². The van der Waals surface area contributed by atoms with Crippen LogP contribution in [0.25, 0.3) is 0 Å². The Hall–Kier alpha value is -2.12. The van der Waals surface area contributed by atoms with E-state index in [-0.39, 0.29) is 0 Å². The lowest BCUT2D eigenvalue weighted by atomic mass is 10.1. The number of thiophene rings is 1. The molecule has 0 aliphatic heterocycles. The summed E-state index contributed by atoms with van der Waals surface area (Å²) in [7, 11) is 0. The van der Waals surface area contributed by atoms with E-state index < -0.39 is 0 Å². The number of hydrogen-bond donors (Lipinski definition) is 0. The zero-order valence-corrected chi connectivity index (χ0v) is 10.7. The molecule has 1 aromatic heterocycles. The summed E-state index contributed by atoms with van der Waals surface area (Å²) in [6, 6.07) is 11.2. The molecule has 0 fully saturated rings. The number of rotatable bonds is 4. The van der Waals surface area contributed by atoms with Crippen LogP contribution in [-0.4, -0.2) is 6.29 Å². The number of benzene rings is 1. The van der Waals surface area contributed by atoms with Crippen LogP contribution in [0.1, 0.15) is 16.0 Å². The summed E-state index contributed by atoms with van der Waals surface area (Å²) >= 11 is 1.31. The van der Waals surface area contributed by atoms with Gasteiger partial charge in [-0.3, -0.25) is 0 Å². The highest BCUT2D eigenvalue weighted by Crippen LogP contribution is 2.31. The van der Waals surface area contributed by atoms with Gasteiger partial charge in [0.2, 0.25) is 0 Å². The number of nitrogens with zero attached hydrogens (tertiary/aromatic N) is 1. The molecule has 4 heteroatoms. The standard InChI is InChI=1S/C14H11NO2S/c1-10-8-11(6-7-16)2-4-13(10)17-14-5-3-12(9-15)18-14/h2-5,7-8H,6H2,1H3. The summed E-state index contributed by atoms with van der Waals surface area (Å²) in [6.45, 7) is 1.93. The second-order valence-corrected chi connectivity index (χ2v) is 4.85. The fraction of sp³-hybridized carbons (Fsp3) is 0.143. The van der Waals surface area contributed by atoms with Crippen molar-refractivity contribution in [1.29, 1.82) is 5.26 Å². The zero-order chi connectivity index (χ0) is 13.0. The van der Waals surface area contributed by atoms with Crippen molar-refractivity contribution in [1.82, 2.24) is 0 Å². The molecular weight excluding hydrogens is 246 g/mol. The third-order valence-electron chi connectivity index (χ3n) is 2.46. The molecule has 0 saturated heterocycles. The zero-order valence-electron chi connectivity index (χ0n) is 9.84. The summed E-state index contributed by atoms with van der Waals surface area (Å²) in [5, 5.41) is 9.43. The molecule has 90 valence electrons. The van der Waals surface area contributed by atoms with Crippen molar-refractivity contribution in [3.63, 3.8) is 0 Å². The predicted molar refractivity (Wildman–Crippen MR) is 70.1 cm³/mol. The number of aryl methyl sites for hydroxylation is 1. The van der Waals surface area contributed by atoms with Crippen LogP contribution in [0, 0.1) is 18.3 Å². The molecule has 0 radical (unpaired) electrons. The molecule has 0 amide bonds. The van der Waals surface area contributed by atoms with Crippen molar-refractivity contribution >= 4 is 17.6 Å². The van der Waals surface area contributed by atoms with Crippen LogP contribution in [0.15, 0.2) is 30.3 Å². The average Bonchev–Trinajstić information content (AvgIpc) is 2.81. The molecule has 0 atom stereocenters. The minimum Gasteiger partial charge on any atom is -0.446 e. The maximum Gasteiger partial charge on any atom is 0.182 e. The van der Waals surface area contributed by atoms with Crippen LogP contribution in [0.5, 0.6) is 10.8 Å². The molecule has 3 nitrogen and oxygen atoms in total. The molecule has 18 heavy (non-hydrogen) atoms. The summed E-state index contributed by atoms with van der Waals surface area (Å²) < 4.78 is 5.70. The van der Waals surface area contributed by atoms with Crippen LogP contribution in [0.4, 0.5) is 0 Å². The molecule has 1 heterocycles. The van der Waals surface area contributed by atoms with Crippen molar-refractivity contribution < 1.29 is 9.53 Å². The van der Waals surface area contributed by atoms with E-state index in [0.29, 0.717) is 16.4 Å². The smallest absolute Gasteiger partial charge is 0.182 e. The SMILES string of the molecule is Cc1cc(CC=O)ccc1Oc1ccc(C#N)s1. The Morgan fingerprint density at radius 3 is 2.83 bits per heavy atom. The quantitative estimate of drug-likeness (QED) is 0.788. The largest absolute Gasteiger partial charge is 0.446 e. The van der Waals surface area contributed by atoms with Gasteiger partial charge in [0.15, 0.2) is 5.06 Å². The molecular formula is C14H11NO2S. The number of hydrogen-bond acceptors (Lipinski definition) is 4. The lowest BCUT2D eigenvalue weighted by Gasteiger charge is -2.07. The van der Waals surface area contributed by atoms with E-state index in [1.807, 2.05) is 25.1 Å². The van der Waals surface area contributed by atoms with Gasteiger partial charge in [-0.05, 0) is 36.2 Å². The van der Waals surface area contributed by atoms with Crippen molar-refractivity contribution in [2.45, 2.75) is 13.3 Å². The molecule has 0 spiro atoms. The van der Waals surface area contributed by atoms with Crippen LogP contribution in [0.2, 0.25) is 0 Å². The number of carbonyl (C=O) groups excluding carboxylic acids is 1. The Kier molecular flexibility index (Phi) is 3.75.